The Kier molecular flexibility index (Phi) is 7.99. The molecule has 4 rings (SSSR count). The minimum absolute atomic E-state index is 0. The molecule has 3 aromatic carbocycles. The zero-order valence-corrected chi connectivity index (χ0v) is 19.3. The van der Waals surface area contributed by atoms with Gasteiger partial charge in [-0.2, -0.15) is 0 Å². The predicted molar refractivity (Wildman–Crippen MR) is 117 cm³/mol. The summed E-state index contributed by atoms with van der Waals surface area (Å²) in [7, 11) is 0. The molecule has 30 heavy (non-hydrogen) atoms. The van der Waals surface area contributed by atoms with E-state index in [1.807, 2.05) is 18.2 Å². The van der Waals surface area contributed by atoms with Crippen LogP contribution in [0.25, 0.3) is 32.8 Å². The van der Waals surface area contributed by atoms with Crippen molar-refractivity contribution < 1.29 is 34.4 Å². The molecular formula is C25H22FIrNO2. The average Bonchev–Trinajstić information content (AvgIpc) is 2.69. The molecule has 2 N–H and O–H groups in total. The molecule has 0 aliphatic rings. The maximum absolute atomic E-state index is 13.5. The Morgan fingerprint density at radius 3 is 2.43 bits per heavy atom. The van der Waals surface area contributed by atoms with Crippen LogP contribution in [0.2, 0.25) is 0 Å². The van der Waals surface area contributed by atoms with Crippen LogP contribution in [-0.2, 0) is 20.1 Å². The summed E-state index contributed by atoms with van der Waals surface area (Å²) in [5, 5.41) is 13.0. The smallest absolute Gasteiger partial charge is 0.316 e. The van der Waals surface area contributed by atoms with E-state index in [0.717, 1.165) is 22.0 Å². The van der Waals surface area contributed by atoms with Crippen molar-refractivity contribution in [1.29, 1.82) is 0 Å². The van der Waals surface area contributed by atoms with Crippen LogP contribution in [0.3, 0.4) is 0 Å². The number of aliphatic hydroxyl groups excluding tert-OH is 1. The first-order valence-electron chi connectivity index (χ1n) is 9.21. The van der Waals surface area contributed by atoms with Gasteiger partial charge in [-0.1, -0.05) is 48.9 Å². The third-order valence-electron chi connectivity index (χ3n) is 4.44. The quantitative estimate of drug-likeness (QED) is 0.0995. The summed E-state index contributed by atoms with van der Waals surface area (Å²) in [6.45, 7) is 4.76. The second-order valence-corrected chi connectivity index (χ2v) is 6.85. The SMILES string of the molecule is CC(=[OH+])/C=C(/C)O.Cc1cc(-c2nccc3c2ccc2ccccc23)[c-]cc1F.[Ir]. The van der Waals surface area contributed by atoms with Crippen LogP contribution in [0.15, 0.2) is 72.6 Å². The van der Waals surface area contributed by atoms with Crippen molar-refractivity contribution in [3.8, 4) is 11.3 Å². The van der Waals surface area contributed by atoms with Gasteiger partial charge in [0.2, 0.25) is 0 Å². The van der Waals surface area contributed by atoms with E-state index in [1.165, 1.54) is 36.8 Å². The van der Waals surface area contributed by atoms with Gasteiger partial charge in [-0.3, -0.25) is 9.18 Å². The van der Waals surface area contributed by atoms with Crippen LogP contribution in [0.5, 0.6) is 0 Å². The number of halogens is 1. The van der Waals surface area contributed by atoms with E-state index >= 15 is 0 Å². The van der Waals surface area contributed by atoms with Crippen molar-refractivity contribution in [3.05, 3.63) is 90.1 Å². The van der Waals surface area contributed by atoms with Crippen molar-refractivity contribution >= 4 is 27.3 Å². The van der Waals surface area contributed by atoms with Crippen LogP contribution >= 0.6 is 0 Å². The second kappa shape index (κ2) is 10.2. The molecule has 0 aliphatic carbocycles. The summed E-state index contributed by atoms with van der Waals surface area (Å²) in [5.41, 5.74) is 2.26. The summed E-state index contributed by atoms with van der Waals surface area (Å²) >= 11 is 0. The third-order valence-corrected chi connectivity index (χ3v) is 4.44. The Labute approximate surface area is 188 Å². The molecule has 0 aliphatic heterocycles. The number of allylic oxidation sites excluding steroid dienone is 2. The van der Waals surface area contributed by atoms with Gasteiger partial charge in [0.1, 0.15) is 0 Å². The van der Waals surface area contributed by atoms with Crippen molar-refractivity contribution in [2.45, 2.75) is 20.8 Å². The molecule has 0 unspecified atom stereocenters. The fraction of sp³-hybridized carbons (Fsp3) is 0.120. The van der Waals surface area contributed by atoms with E-state index in [2.05, 4.69) is 35.3 Å². The molecule has 155 valence electrons. The van der Waals surface area contributed by atoms with Crippen LogP contribution in [-0.4, -0.2) is 20.7 Å². The van der Waals surface area contributed by atoms with Gasteiger partial charge in [0.05, 0.1) is 18.8 Å². The molecule has 1 heterocycles. The average molecular weight is 580 g/mol. The molecule has 0 spiro atoms. The Hall–Kier alpha value is -2.88. The number of carbonyl (C=O) groups excluding carboxylic acids is 1. The van der Waals surface area contributed by atoms with E-state index in [4.69, 9.17) is 9.90 Å². The van der Waals surface area contributed by atoms with Gasteiger partial charge in [0.15, 0.2) is 0 Å². The maximum atomic E-state index is 13.5. The molecule has 0 atom stereocenters. The molecule has 1 aromatic heterocycles. The molecule has 0 saturated carbocycles. The third kappa shape index (κ3) is 5.38. The molecule has 0 fully saturated rings. The van der Waals surface area contributed by atoms with Crippen molar-refractivity contribution in [1.82, 2.24) is 4.98 Å². The van der Waals surface area contributed by atoms with Crippen LogP contribution in [0.1, 0.15) is 19.4 Å². The standard InChI is InChI=1S/C20H13FN.C5H8O2.Ir/c1-13-12-15(7-9-19(13)21)20-18-8-6-14-4-2-3-5-16(14)17(18)10-11-22-20;1-4(6)3-5(2)7;/h2-6,8-12H,1H3;3,6H,1-2H3;/q-1;;/p+1/b;4-3-;. The molecule has 0 saturated heterocycles. The normalized spacial score (nSPS) is 10.9. The van der Waals surface area contributed by atoms with Crippen molar-refractivity contribution in [3.63, 3.8) is 0 Å². The number of nitrogens with zero attached hydrogens (tertiary/aromatic N) is 1. The minimum atomic E-state index is -0.241. The number of hydrogen-bond acceptors (Lipinski definition) is 2. The molecule has 3 nitrogen and oxygen atoms in total. The first-order valence-corrected chi connectivity index (χ1v) is 9.21. The van der Waals surface area contributed by atoms with Gasteiger partial charge >= 0.3 is 5.78 Å². The van der Waals surface area contributed by atoms with Gasteiger partial charge in [-0.05, 0) is 40.2 Å². The Bertz CT molecular complexity index is 1230. The Balaban J connectivity index is 0.000000350. The zero-order chi connectivity index (χ0) is 21.0. The summed E-state index contributed by atoms with van der Waals surface area (Å²) in [4.78, 5) is 12.9. The summed E-state index contributed by atoms with van der Waals surface area (Å²) in [6, 6.07) is 20.7. The zero-order valence-electron chi connectivity index (χ0n) is 16.9. The number of rotatable bonds is 2. The first kappa shape index (κ1) is 23.4. The number of aryl methyl sites for hydroxylation is 1. The van der Waals surface area contributed by atoms with E-state index in [1.54, 1.807) is 19.2 Å². The number of aliphatic hydroxyl groups is 1. The van der Waals surface area contributed by atoms with Crippen molar-refractivity contribution in [2.24, 2.45) is 0 Å². The summed E-state index contributed by atoms with van der Waals surface area (Å²) in [6.07, 6.45) is 3.08. The van der Waals surface area contributed by atoms with Crippen LogP contribution in [0.4, 0.5) is 4.39 Å². The Morgan fingerprint density at radius 1 is 1.07 bits per heavy atom. The molecule has 5 heteroatoms. The summed E-state index contributed by atoms with van der Waals surface area (Å²) < 4.78 is 13.5. The van der Waals surface area contributed by atoms with Gasteiger partial charge in [0, 0.05) is 32.1 Å². The number of ketones is 1. The summed E-state index contributed by atoms with van der Waals surface area (Å²) in [5.74, 6) is 0.00874. The van der Waals surface area contributed by atoms with E-state index < -0.39 is 0 Å². The topological polar surface area (TPSA) is 54.5 Å². The predicted octanol–water partition coefficient (Wildman–Crippen LogP) is 6.31. The number of aromatic nitrogens is 1. The minimum Gasteiger partial charge on any atom is -0.512 e. The Morgan fingerprint density at radius 2 is 1.80 bits per heavy atom. The van der Waals surface area contributed by atoms with E-state index in [0.29, 0.717) is 5.56 Å². The number of pyridine rings is 1. The molecular weight excluding hydrogens is 557 g/mol. The van der Waals surface area contributed by atoms with Gasteiger partial charge in [-0.25, -0.2) is 0 Å². The van der Waals surface area contributed by atoms with E-state index in [9.17, 15) is 4.39 Å². The van der Waals surface area contributed by atoms with Crippen molar-refractivity contribution in [2.75, 3.05) is 0 Å². The molecule has 4 aromatic rings. The van der Waals surface area contributed by atoms with Gasteiger partial charge in [0.25, 0.3) is 0 Å². The van der Waals surface area contributed by atoms with Crippen LogP contribution < -0.4 is 0 Å². The largest absolute Gasteiger partial charge is 0.512 e. The molecule has 1 radical (unpaired) electrons. The first-order chi connectivity index (χ1) is 13.9. The van der Waals surface area contributed by atoms with Crippen LogP contribution in [0, 0.1) is 18.8 Å². The fourth-order valence-electron chi connectivity index (χ4n) is 3.17. The number of hydrogen-bond donors (Lipinski definition) is 1. The molecule has 0 amide bonds. The van der Waals surface area contributed by atoms with Gasteiger partial charge < -0.3 is 10.1 Å². The monoisotopic (exact) mass is 580 g/mol. The number of fused-ring (bicyclic) bond motifs is 3. The molecule has 0 bridgehead atoms. The fourth-order valence-corrected chi connectivity index (χ4v) is 3.17. The van der Waals surface area contributed by atoms with E-state index in [-0.39, 0.29) is 37.5 Å². The number of benzene rings is 3. The second-order valence-electron chi connectivity index (χ2n) is 6.85. The maximum Gasteiger partial charge on any atom is 0.316 e. The van der Waals surface area contributed by atoms with Gasteiger partial charge in [-0.15, -0.1) is 23.8 Å².